The first-order valence-corrected chi connectivity index (χ1v) is 6.70. The maximum absolute atomic E-state index is 10.1. The molecule has 1 aliphatic carbocycles. The third-order valence-corrected chi connectivity index (χ3v) is 4.18. The molecule has 1 heteroatoms. The van der Waals surface area contributed by atoms with E-state index < -0.39 is 0 Å². The lowest BCUT2D eigenvalue weighted by Crippen LogP contribution is -2.32. The van der Waals surface area contributed by atoms with Crippen molar-refractivity contribution < 1.29 is 5.11 Å². The summed E-state index contributed by atoms with van der Waals surface area (Å²) in [5, 5.41) is 10.1. The molecule has 3 atom stereocenters. The van der Waals surface area contributed by atoms with Gasteiger partial charge in [-0.3, -0.25) is 0 Å². The van der Waals surface area contributed by atoms with E-state index in [-0.39, 0.29) is 6.10 Å². The molecule has 1 aliphatic rings. The van der Waals surface area contributed by atoms with Gasteiger partial charge in [-0.05, 0) is 42.1 Å². The van der Waals surface area contributed by atoms with E-state index in [9.17, 15) is 5.11 Å². The number of aliphatic hydroxyl groups is 1. The molecule has 0 radical (unpaired) electrons. The Hall–Kier alpha value is -0.820. The summed E-state index contributed by atoms with van der Waals surface area (Å²) in [6, 6.07) is 10.7. The van der Waals surface area contributed by atoms with Gasteiger partial charge in [-0.1, -0.05) is 51.1 Å². The second kappa shape index (κ2) is 4.81. The normalized spacial score (nSPS) is 30.2. The molecule has 1 saturated carbocycles. The zero-order valence-electron chi connectivity index (χ0n) is 11.2. The highest BCUT2D eigenvalue weighted by molar-refractivity contribution is 5.20. The molecule has 94 valence electrons. The lowest BCUT2D eigenvalue weighted by Gasteiger charge is -2.40. The molecule has 0 heterocycles. The molecule has 0 aromatic heterocycles. The van der Waals surface area contributed by atoms with Crippen LogP contribution in [0.25, 0.3) is 0 Å². The van der Waals surface area contributed by atoms with Gasteiger partial charge in [-0.25, -0.2) is 0 Å². The second-order valence-corrected chi connectivity index (χ2v) is 6.53. The zero-order valence-corrected chi connectivity index (χ0v) is 11.2. The molecule has 0 amide bonds. The third kappa shape index (κ3) is 3.10. The van der Waals surface area contributed by atoms with Crippen molar-refractivity contribution in [2.75, 3.05) is 0 Å². The van der Waals surface area contributed by atoms with Gasteiger partial charge in [-0.2, -0.15) is 0 Å². The number of benzene rings is 1. The van der Waals surface area contributed by atoms with Gasteiger partial charge >= 0.3 is 0 Å². The van der Waals surface area contributed by atoms with Crippen LogP contribution in [0.3, 0.4) is 0 Å². The summed E-state index contributed by atoms with van der Waals surface area (Å²) in [4.78, 5) is 0. The molecular formula is C16H24O. The van der Waals surface area contributed by atoms with Crippen LogP contribution in [0.5, 0.6) is 0 Å². The van der Waals surface area contributed by atoms with E-state index in [0.717, 1.165) is 12.8 Å². The molecule has 2 rings (SSSR count). The Morgan fingerprint density at radius 3 is 2.24 bits per heavy atom. The summed E-state index contributed by atoms with van der Waals surface area (Å²) in [6.07, 6.45) is 2.98. The SMILES string of the molecule is CC(C)(C)[C@H]1C[C@@H](O)C[C@@H](c2ccccc2)C1. The minimum absolute atomic E-state index is 0.127. The van der Waals surface area contributed by atoms with Gasteiger partial charge in [0.25, 0.3) is 0 Å². The Morgan fingerprint density at radius 1 is 1.00 bits per heavy atom. The van der Waals surface area contributed by atoms with E-state index >= 15 is 0 Å². The molecule has 1 aromatic carbocycles. The molecule has 0 aliphatic heterocycles. The molecule has 1 fully saturated rings. The van der Waals surface area contributed by atoms with Gasteiger partial charge in [0, 0.05) is 0 Å². The van der Waals surface area contributed by atoms with Gasteiger partial charge in [-0.15, -0.1) is 0 Å². The molecule has 0 spiro atoms. The van der Waals surface area contributed by atoms with Gasteiger partial charge < -0.3 is 5.11 Å². The highest BCUT2D eigenvalue weighted by Gasteiger charge is 2.34. The Labute approximate surface area is 105 Å². The van der Waals surface area contributed by atoms with Crippen LogP contribution < -0.4 is 0 Å². The summed E-state index contributed by atoms with van der Waals surface area (Å²) in [7, 11) is 0. The summed E-state index contributed by atoms with van der Waals surface area (Å²) < 4.78 is 0. The fourth-order valence-electron chi connectivity index (χ4n) is 2.99. The van der Waals surface area contributed by atoms with Crippen LogP contribution >= 0.6 is 0 Å². The molecule has 1 N–H and O–H groups in total. The number of hydrogen-bond donors (Lipinski definition) is 1. The third-order valence-electron chi connectivity index (χ3n) is 4.18. The summed E-state index contributed by atoms with van der Waals surface area (Å²) in [5.74, 6) is 1.15. The standard InChI is InChI=1S/C16H24O/c1-16(2,3)14-9-13(10-15(17)11-14)12-7-5-4-6-8-12/h4-8,13-15,17H,9-11H2,1-3H3/t13-,14+,15-/m0/s1. The highest BCUT2D eigenvalue weighted by Crippen LogP contribution is 2.43. The van der Waals surface area contributed by atoms with Crippen LogP contribution in [0.1, 0.15) is 51.5 Å². The van der Waals surface area contributed by atoms with Crippen molar-refractivity contribution in [1.29, 1.82) is 0 Å². The van der Waals surface area contributed by atoms with Crippen molar-refractivity contribution in [1.82, 2.24) is 0 Å². The molecular weight excluding hydrogens is 208 g/mol. The van der Waals surface area contributed by atoms with Crippen molar-refractivity contribution in [2.24, 2.45) is 11.3 Å². The number of aliphatic hydroxyl groups excluding tert-OH is 1. The maximum atomic E-state index is 10.1. The Morgan fingerprint density at radius 2 is 1.65 bits per heavy atom. The lowest BCUT2D eigenvalue weighted by molar-refractivity contribution is 0.0475. The Kier molecular flexibility index (Phi) is 3.58. The first-order valence-electron chi connectivity index (χ1n) is 6.70. The van der Waals surface area contributed by atoms with Crippen molar-refractivity contribution in [3.8, 4) is 0 Å². The molecule has 0 unspecified atom stereocenters. The predicted molar refractivity (Wildman–Crippen MR) is 72.0 cm³/mol. The highest BCUT2D eigenvalue weighted by atomic mass is 16.3. The first-order chi connectivity index (χ1) is 7.97. The minimum atomic E-state index is -0.127. The first kappa shape index (κ1) is 12.6. The molecule has 0 saturated heterocycles. The average Bonchev–Trinajstić information content (AvgIpc) is 2.28. The second-order valence-electron chi connectivity index (χ2n) is 6.53. The van der Waals surface area contributed by atoms with Crippen molar-refractivity contribution >= 4 is 0 Å². The van der Waals surface area contributed by atoms with Crippen molar-refractivity contribution in [2.45, 2.75) is 52.1 Å². The van der Waals surface area contributed by atoms with E-state index in [1.54, 1.807) is 0 Å². The van der Waals surface area contributed by atoms with Gasteiger partial charge in [0.1, 0.15) is 0 Å². The van der Waals surface area contributed by atoms with Crippen molar-refractivity contribution in [3.05, 3.63) is 35.9 Å². The smallest absolute Gasteiger partial charge is 0.0549 e. The van der Waals surface area contributed by atoms with Crippen LogP contribution in [0, 0.1) is 11.3 Å². The van der Waals surface area contributed by atoms with Gasteiger partial charge in [0.15, 0.2) is 0 Å². The van der Waals surface area contributed by atoms with Gasteiger partial charge in [0.2, 0.25) is 0 Å². The minimum Gasteiger partial charge on any atom is -0.393 e. The number of rotatable bonds is 1. The van der Waals surface area contributed by atoms with E-state index in [0.29, 0.717) is 17.3 Å². The fraction of sp³-hybridized carbons (Fsp3) is 0.625. The van der Waals surface area contributed by atoms with E-state index in [4.69, 9.17) is 0 Å². The van der Waals surface area contributed by atoms with Crippen LogP contribution in [0.2, 0.25) is 0 Å². The molecule has 1 aromatic rings. The fourth-order valence-corrected chi connectivity index (χ4v) is 2.99. The number of hydrogen-bond acceptors (Lipinski definition) is 1. The monoisotopic (exact) mass is 232 g/mol. The Bertz CT molecular complexity index is 350. The quantitative estimate of drug-likeness (QED) is 0.776. The summed E-state index contributed by atoms with van der Waals surface area (Å²) in [6.45, 7) is 6.87. The lowest BCUT2D eigenvalue weighted by atomic mass is 9.67. The molecule has 1 nitrogen and oxygen atoms in total. The predicted octanol–water partition coefficient (Wildman–Crippen LogP) is 3.98. The van der Waals surface area contributed by atoms with Crippen LogP contribution in [0.4, 0.5) is 0 Å². The largest absolute Gasteiger partial charge is 0.393 e. The van der Waals surface area contributed by atoms with Crippen LogP contribution in [0.15, 0.2) is 30.3 Å². The summed E-state index contributed by atoms with van der Waals surface area (Å²) >= 11 is 0. The van der Waals surface area contributed by atoms with E-state index in [1.165, 1.54) is 12.0 Å². The van der Waals surface area contributed by atoms with Gasteiger partial charge in [0.05, 0.1) is 6.10 Å². The van der Waals surface area contributed by atoms with Crippen LogP contribution in [-0.2, 0) is 0 Å². The van der Waals surface area contributed by atoms with Crippen LogP contribution in [-0.4, -0.2) is 11.2 Å². The maximum Gasteiger partial charge on any atom is 0.0549 e. The molecule has 17 heavy (non-hydrogen) atoms. The molecule has 0 bridgehead atoms. The average molecular weight is 232 g/mol. The van der Waals surface area contributed by atoms with Crippen molar-refractivity contribution in [3.63, 3.8) is 0 Å². The summed E-state index contributed by atoms with van der Waals surface area (Å²) in [5.41, 5.74) is 1.69. The van der Waals surface area contributed by atoms with E-state index in [1.807, 2.05) is 0 Å². The Balaban J connectivity index is 2.15. The zero-order chi connectivity index (χ0) is 12.5. The van der Waals surface area contributed by atoms with E-state index in [2.05, 4.69) is 51.1 Å². The topological polar surface area (TPSA) is 20.2 Å².